The molecule has 180 valence electrons. The lowest BCUT2D eigenvalue weighted by atomic mass is 9.69. The molecule has 0 bridgehead atoms. The second kappa shape index (κ2) is 8.15. The summed E-state index contributed by atoms with van der Waals surface area (Å²) in [5.41, 5.74) is 0.971. The van der Waals surface area contributed by atoms with Crippen LogP contribution < -0.4 is 18.5 Å². The summed E-state index contributed by atoms with van der Waals surface area (Å²) < 4.78 is 46.6. The summed E-state index contributed by atoms with van der Waals surface area (Å²) in [6.07, 6.45) is -6.40. The van der Waals surface area contributed by atoms with Gasteiger partial charge < -0.3 is 18.5 Å². The van der Waals surface area contributed by atoms with Crippen LogP contribution in [0.3, 0.4) is 0 Å². The summed E-state index contributed by atoms with van der Waals surface area (Å²) in [6.45, 7) is 8.29. The van der Waals surface area contributed by atoms with E-state index < -0.39 is 17.9 Å². The zero-order valence-electron chi connectivity index (χ0n) is 18.2. The first-order valence-electron chi connectivity index (χ1n) is 10.0. The van der Waals surface area contributed by atoms with E-state index in [2.05, 4.69) is 27.7 Å². The molecular weight excluding hydrogens is 552 g/mol. The van der Waals surface area contributed by atoms with Crippen molar-refractivity contribution in [1.29, 1.82) is 0 Å². The van der Waals surface area contributed by atoms with Gasteiger partial charge in [0.1, 0.15) is 23.0 Å². The standard InChI is InChI=1S/C21H22Cl4O6P2/c1-19(2)11-21(28-17-7-5-13(9-15(17)19)30-32(22,23)26)12-20(3,4)16-10-14(31-33(24,25)27)6-8-18(16)29-21/h5-10H,11-12H2,1-4H3. The Morgan fingerprint density at radius 3 is 1.42 bits per heavy atom. The molecule has 0 radical (unpaired) electrons. The van der Waals surface area contributed by atoms with Crippen LogP contribution in [0, 0.1) is 0 Å². The van der Waals surface area contributed by atoms with Crippen molar-refractivity contribution in [1.82, 2.24) is 0 Å². The fourth-order valence-electron chi connectivity index (χ4n) is 4.78. The molecule has 2 aromatic carbocycles. The van der Waals surface area contributed by atoms with E-state index in [1.807, 2.05) is 0 Å². The van der Waals surface area contributed by atoms with Crippen LogP contribution >= 0.6 is 57.1 Å². The first kappa shape index (κ1) is 25.4. The molecule has 0 saturated heterocycles. The van der Waals surface area contributed by atoms with Gasteiger partial charge in [0.25, 0.3) is 5.79 Å². The highest BCUT2D eigenvalue weighted by Crippen LogP contribution is 2.60. The molecule has 1 spiro atoms. The van der Waals surface area contributed by atoms with Gasteiger partial charge in [-0.15, -0.1) is 0 Å². The average Bonchev–Trinajstić information content (AvgIpc) is 2.59. The van der Waals surface area contributed by atoms with E-state index >= 15 is 0 Å². The molecule has 2 heterocycles. The Morgan fingerprint density at radius 1 is 0.727 bits per heavy atom. The van der Waals surface area contributed by atoms with Gasteiger partial charge >= 0.3 is 12.1 Å². The number of fused-ring (bicyclic) bond motifs is 2. The van der Waals surface area contributed by atoms with Crippen molar-refractivity contribution in [2.45, 2.75) is 57.2 Å². The van der Waals surface area contributed by atoms with Gasteiger partial charge in [-0.2, -0.15) is 0 Å². The fourth-order valence-corrected chi connectivity index (χ4v) is 6.45. The Labute approximate surface area is 211 Å². The van der Waals surface area contributed by atoms with Crippen molar-refractivity contribution >= 4 is 57.1 Å². The maximum atomic E-state index is 11.7. The van der Waals surface area contributed by atoms with Crippen LogP contribution in [-0.4, -0.2) is 5.79 Å². The monoisotopic (exact) mass is 572 g/mol. The van der Waals surface area contributed by atoms with E-state index in [9.17, 15) is 9.13 Å². The second-order valence-electron chi connectivity index (χ2n) is 9.56. The van der Waals surface area contributed by atoms with Gasteiger partial charge in [-0.05, 0) is 36.4 Å². The Balaban J connectivity index is 1.70. The number of hydrogen-bond donors (Lipinski definition) is 0. The number of rotatable bonds is 4. The molecule has 0 aromatic heterocycles. The molecule has 6 nitrogen and oxygen atoms in total. The number of benzene rings is 2. The summed E-state index contributed by atoms with van der Waals surface area (Å²) in [5, 5.41) is 0. The average molecular weight is 574 g/mol. The molecule has 2 aliphatic rings. The molecule has 0 saturated carbocycles. The highest BCUT2D eigenvalue weighted by Gasteiger charge is 2.53. The summed E-state index contributed by atoms with van der Waals surface area (Å²) >= 11 is 22.3. The smallest absolute Gasteiger partial charge is 0.428 e. The molecule has 0 amide bonds. The first-order valence-corrected chi connectivity index (χ1v) is 16.9. The van der Waals surface area contributed by atoms with Gasteiger partial charge in [0.05, 0.1) is 0 Å². The Hall–Kier alpha value is -0.740. The normalized spacial score (nSPS) is 20.1. The van der Waals surface area contributed by atoms with E-state index in [1.165, 1.54) is 0 Å². The third-order valence-electron chi connectivity index (χ3n) is 5.80. The molecule has 0 aliphatic carbocycles. The SMILES string of the molecule is CC1(C)CC2(CC(C)(C)c3cc(OP(=O)(Cl)Cl)ccc3O2)Oc2ccc(OP(=O)(Cl)Cl)cc21. The number of hydrogen-bond acceptors (Lipinski definition) is 6. The predicted molar refractivity (Wildman–Crippen MR) is 132 cm³/mol. The maximum absolute atomic E-state index is 11.7. The van der Waals surface area contributed by atoms with Gasteiger partial charge in [0.15, 0.2) is 0 Å². The molecule has 2 aromatic rings. The van der Waals surface area contributed by atoms with Crippen molar-refractivity contribution in [2.75, 3.05) is 0 Å². The van der Waals surface area contributed by atoms with Crippen molar-refractivity contribution in [2.24, 2.45) is 0 Å². The lowest BCUT2D eigenvalue weighted by Crippen LogP contribution is -2.55. The lowest BCUT2D eigenvalue weighted by molar-refractivity contribution is -0.166. The minimum atomic E-state index is -3.73. The molecule has 33 heavy (non-hydrogen) atoms. The highest BCUT2D eigenvalue weighted by atomic mass is 35.9. The zero-order chi connectivity index (χ0) is 24.4. The topological polar surface area (TPSA) is 71.1 Å². The van der Waals surface area contributed by atoms with Crippen LogP contribution in [0.5, 0.6) is 23.0 Å². The summed E-state index contributed by atoms with van der Waals surface area (Å²) in [5.74, 6) is 0.922. The molecule has 0 atom stereocenters. The Morgan fingerprint density at radius 2 is 1.09 bits per heavy atom. The van der Waals surface area contributed by atoms with Crippen molar-refractivity contribution in [3.8, 4) is 23.0 Å². The maximum Gasteiger partial charge on any atom is 0.428 e. The van der Waals surface area contributed by atoms with Crippen LogP contribution in [0.2, 0.25) is 0 Å². The molecule has 4 rings (SSSR count). The van der Waals surface area contributed by atoms with E-state index in [1.54, 1.807) is 36.4 Å². The minimum absolute atomic E-state index is 0.299. The van der Waals surface area contributed by atoms with Gasteiger partial charge in [0, 0.05) is 79.8 Å². The molecule has 12 heteroatoms. The second-order valence-corrected chi connectivity index (χ2v) is 18.0. The van der Waals surface area contributed by atoms with Crippen molar-refractivity contribution in [3.63, 3.8) is 0 Å². The predicted octanol–water partition coefficient (Wildman–Crippen LogP) is 9.13. The molecule has 0 N–H and O–H groups in total. The fraction of sp³-hybridized carbons (Fsp3) is 0.429. The van der Waals surface area contributed by atoms with Gasteiger partial charge in [0.2, 0.25) is 0 Å². The Kier molecular flexibility index (Phi) is 6.26. The van der Waals surface area contributed by atoms with E-state index in [0.29, 0.717) is 35.8 Å². The van der Waals surface area contributed by atoms with E-state index in [0.717, 1.165) is 11.1 Å². The molecule has 0 unspecified atom stereocenters. The third-order valence-corrected chi connectivity index (χ3v) is 7.47. The van der Waals surface area contributed by atoms with Crippen LogP contribution in [0.4, 0.5) is 0 Å². The molecule has 0 fully saturated rings. The summed E-state index contributed by atoms with van der Waals surface area (Å²) in [4.78, 5) is 0. The summed E-state index contributed by atoms with van der Waals surface area (Å²) in [6, 6.07) is 10.2. The minimum Gasteiger partial charge on any atom is -0.452 e. The number of ether oxygens (including phenoxy) is 2. The zero-order valence-corrected chi connectivity index (χ0v) is 23.0. The Bertz CT molecular complexity index is 1110. The van der Waals surface area contributed by atoms with Crippen molar-refractivity contribution in [3.05, 3.63) is 47.5 Å². The van der Waals surface area contributed by atoms with Gasteiger partial charge in [-0.3, -0.25) is 0 Å². The van der Waals surface area contributed by atoms with Gasteiger partial charge in [-0.25, -0.2) is 9.13 Å². The van der Waals surface area contributed by atoms with Crippen molar-refractivity contribution < 1.29 is 27.7 Å². The number of halogens is 4. The quantitative estimate of drug-likeness (QED) is 0.340. The largest absolute Gasteiger partial charge is 0.452 e. The van der Waals surface area contributed by atoms with Crippen LogP contribution in [0.25, 0.3) is 0 Å². The van der Waals surface area contributed by atoms with E-state index in [4.69, 9.17) is 63.5 Å². The van der Waals surface area contributed by atoms with Gasteiger partial charge in [-0.1, -0.05) is 27.7 Å². The van der Waals surface area contributed by atoms with Crippen LogP contribution in [0.15, 0.2) is 36.4 Å². The highest BCUT2D eigenvalue weighted by molar-refractivity contribution is 8.05. The molecular formula is C21H22Cl4O6P2. The van der Waals surface area contributed by atoms with Crippen LogP contribution in [-0.2, 0) is 20.0 Å². The third kappa shape index (κ3) is 5.58. The first-order chi connectivity index (χ1) is 15.0. The van der Waals surface area contributed by atoms with E-state index in [-0.39, 0.29) is 10.8 Å². The lowest BCUT2D eigenvalue weighted by Gasteiger charge is -2.51. The molecule has 2 aliphatic heterocycles. The van der Waals surface area contributed by atoms with Crippen LogP contribution in [0.1, 0.15) is 51.7 Å². The summed E-state index contributed by atoms with van der Waals surface area (Å²) in [7, 11) is 0.